The van der Waals surface area contributed by atoms with Crippen molar-refractivity contribution in [1.29, 1.82) is 0 Å². The Morgan fingerprint density at radius 2 is 1.52 bits per heavy atom. The van der Waals surface area contributed by atoms with Gasteiger partial charge in [0.05, 0.1) is 6.42 Å². The Kier molecular flexibility index (Phi) is 6.66. The Morgan fingerprint density at radius 3 is 2.26 bits per heavy atom. The molecular weight excluding hydrogens is 360 g/mol. The van der Waals surface area contributed by atoms with E-state index in [1.54, 1.807) is 6.08 Å². The zero-order valence-corrected chi connectivity index (χ0v) is 15.4. The number of carbonyl (C=O) groups excluding carboxylic acids is 1. The summed E-state index contributed by atoms with van der Waals surface area (Å²) in [5.74, 6) is 1.12. The lowest BCUT2D eigenvalue weighted by molar-refractivity contribution is -0.143. The van der Waals surface area contributed by atoms with E-state index in [-0.39, 0.29) is 19.0 Å². The normalized spacial score (nSPS) is 11.1. The molecule has 0 aromatic heterocycles. The number of ether oxygens (including phenoxy) is 2. The predicted molar refractivity (Wildman–Crippen MR) is 108 cm³/mol. The lowest BCUT2D eigenvalue weighted by atomic mass is 10.2. The molecule has 4 heteroatoms. The number of benzene rings is 3. The van der Waals surface area contributed by atoms with Gasteiger partial charge in [0.1, 0.15) is 18.1 Å². The van der Waals surface area contributed by atoms with Gasteiger partial charge in [-0.3, -0.25) is 4.79 Å². The molecule has 0 amide bonds. The molecule has 0 saturated heterocycles. The van der Waals surface area contributed by atoms with E-state index in [0.29, 0.717) is 10.8 Å². The monoisotopic (exact) mass is 378 g/mol. The summed E-state index contributed by atoms with van der Waals surface area (Å²) >= 11 is 6.20. The molecule has 3 rings (SSSR count). The number of rotatable bonds is 7. The van der Waals surface area contributed by atoms with E-state index in [1.807, 2.05) is 84.9 Å². The smallest absolute Gasteiger partial charge is 0.310 e. The molecule has 3 aromatic carbocycles. The van der Waals surface area contributed by atoms with Crippen molar-refractivity contribution >= 4 is 22.6 Å². The van der Waals surface area contributed by atoms with Gasteiger partial charge in [0.2, 0.25) is 0 Å². The Hall–Kier alpha value is -3.04. The van der Waals surface area contributed by atoms with Gasteiger partial charge in [0.15, 0.2) is 0 Å². The van der Waals surface area contributed by atoms with E-state index in [0.717, 1.165) is 16.9 Å². The minimum absolute atomic E-state index is 0.119. The van der Waals surface area contributed by atoms with Gasteiger partial charge in [-0.15, -0.1) is 0 Å². The van der Waals surface area contributed by atoms with Crippen LogP contribution in [0.1, 0.15) is 17.5 Å². The van der Waals surface area contributed by atoms with Crippen LogP contribution in [-0.2, 0) is 16.1 Å². The van der Waals surface area contributed by atoms with Crippen molar-refractivity contribution < 1.29 is 14.3 Å². The first-order chi connectivity index (χ1) is 13.2. The van der Waals surface area contributed by atoms with Crippen LogP contribution in [0.15, 0.2) is 91.0 Å². The highest BCUT2D eigenvalue weighted by atomic mass is 35.5. The summed E-state index contributed by atoms with van der Waals surface area (Å²) in [7, 11) is 0. The molecule has 0 unspecified atom stereocenters. The molecule has 3 aromatic rings. The number of esters is 1. The largest absolute Gasteiger partial charge is 0.461 e. The molecule has 136 valence electrons. The summed E-state index contributed by atoms with van der Waals surface area (Å²) in [4.78, 5) is 12.0. The van der Waals surface area contributed by atoms with E-state index in [9.17, 15) is 4.79 Å². The Labute approximate surface area is 163 Å². The summed E-state index contributed by atoms with van der Waals surface area (Å²) in [6, 6.07) is 26.5. The standard InChI is InChI=1S/C23H19ClO3/c24-22(19-9-3-1-4-10-19)14-15-23(25)26-17-18-8-7-13-21(16-18)27-20-11-5-2-6-12-20/h1-14,16H,15,17H2/b22-14+. The fraction of sp³-hybridized carbons (Fsp3) is 0.0870. The molecule has 0 aliphatic carbocycles. The first-order valence-corrected chi connectivity index (χ1v) is 8.97. The van der Waals surface area contributed by atoms with E-state index in [1.165, 1.54) is 0 Å². The van der Waals surface area contributed by atoms with Crippen molar-refractivity contribution in [3.8, 4) is 11.5 Å². The van der Waals surface area contributed by atoms with Crippen LogP contribution in [0.25, 0.3) is 5.03 Å². The van der Waals surface area contributed by atoms with Crippen LogP contribution in [0.5, 0.6) is 11.5 Å². The SMILES string of the molecule is O=C(C/C=C(/Cl)c1ccccc1)OCc1cccc(Oc2ccccc2)c1. The highest BCUT2D eigenvalue weighted by molar-refractivity contribution is 6.48. The van der Waals surface area contributed by atoms with Crippen LogP contribution < -0.4 is 4.74 Å². The fourth-order valence-electron chi connectivity index (χ4n) is 2.43. The first-order valence-electron chi connectivity index (χ1n) is 8.59. The molecule has 27 heavy (non-hydrogen) atoms. The molecule has 3 nitrogen and oxygen atoms in total. The summed E-state index contributed by atoms with van der Waals surface area (Å²) in [5, 5.41) is 0.533. The summed E-state index contributed by atoms with van der Waals surface area (Å²) in [5.41, 5.74) is 1.73. The number of carbonyl (C=O) groups is 1. The molecule has 0 N–H and O–H groups in total. The minimum atomic E-state index is -0.335. The zero-order valence-electron chi connectivity index (χ0n) is 14.7. The van der Waals surface area contributed by atoms with E-state index >= 15 is 0 Å². The molecule has 0 bridgehead atoms. The van der Waals surface area contributed by atoms with Gasteiger partial charge in [0.25, 0.3) is 0 Å². The van der Waals surface area contributed by atoms with Gasteiger partial charge < -0.3 is 9.47 Å². The van der Waals surface area contributed by atoms with Crippen molar-refractivity contribution in [3.05, 3.63) is 102 Å². The Balaban J connectivity index is 1.52. The second-order valence-corrected chi connectivity index (χ2v) is 6.25. The molecule has 0 radical (unpaired) electrons. The highest BCUT2D eigenvalue weighted by Gasteiger charge is 2.05. The van der Waals surface area contributed by atoms with E-state index < -0.39 is 0 Å². The summed E-state index contributed by atoms with van der Waals surface area (Å²) in [6.07, 6.45) is 1.78. The lowest BCUT2D eigenvalue weighted by Gasteiger charge is -2.08. The molecule has 0 fully saturated rings. The highest BCUT2D eigenvalue weighted by Crippen LogP contribution is 2.22. The van der Waals surface area contributed by atoms with Crippen molar-refractivity contribution in [1.82, 2.24) is 0 Å². The first kappa shape index (κ1) is 18.7. The van der Waals surface area contributed by atoms with Crippen molar-refractivity contribution in [2.24, 2.45) is 0 Å². The molecule has 0 aliphatic heterocycles. The summed E-state index contributed by atoms with van der Waals surface area (Å²) in [6.45, 7) is 0.182. The van der Waals surface area contributed by atoms with Crippen LogP contribution in [0.2, 0.25) is 0 Å². The number of hydrogen-bond acceptors (Lipinski definition) is 3. The van der Waals surface area contributed by atoms with E-state index in [4.69, 9.17) is 21.1 Å². The second-order valence-electron chi connectivity index (χ2n) is 5.85. The van der Waals surface area contributed by atoms with Gasteiger partial charge in [-0.25, -0.2) is 0 Å². The van der Waals surface area contributed by atoms with Crippen molar-refractivity contribution in [3.63, 3.8) is 0 Å². The molecule has 0 spiro atoms. The van der Waals surface area contributed by atoms with Crippen LogP contribution in [0.3, 0.4) is 0 Å². The summed E-state index contributed by atoms with van der Waals surface area (Å²) < 4.78 is 11.1. The van der Waals surface area contributed by atoms with Gasteiger partial charge in [-0.2, -0.15) is 0 Å². The Bertz CT molecular complexity index is 905. The van der Waals surface area contributed by atoms with E-state index in [2.05, 4.69) is 0 Å². The van der Waals surface area contributed by atoms with Crippen LogP contribution >= 0.6 is 11.6 Å². The third-order valence-corrected chi connectivity index (χ3v) is 4.15. The predicted octanol–water partition coefficient (Wildman–Crippen LogP) is 6.19. The third-order valence-electron chi connectivity index (χ3n) is 3.77. The van der Waals surface area contributed by atoms with Crippen molar-refractivity contribution in [2.75, 3.05) is 0 Å². The maximum Gasteiger partial charge on any atom is 0.310 e. The van der Waals surface area contributed by atoms with Gasteiger partial charge >= 0.3 is 5.97 Å². The van der Waals surface area contributed by atoms with Crippen molar-refractivity contribution in [2.45, 2.75) is 13.0 Å². The zero-order chi connectivity index (χ0) is 18.9. The molecule has 0 heterocycles. The molecular formula is C23H19ClO3. The minimum Gasteiger partial charge on any atom is -0.461 e. The maximum absolute atomic E-state index is 12.0. The Morgan fingerprint density at radius 1 is 0.852 bits per heavy atom. The van der Waals surface area contributed by atoms with Gasteiger partial charge in [-0.1, -0.05) is 78.3 Å². The number of para-hydroxylation sites is 1. The quantitative estimate of drug-likeness (QED) is 0.459. The third kappa shape index (κ3) is 6.01. The topological polar surface area (TPSA) is 35.5 Å². The maximum atomic E-state index is 12.0. The average Bonchev–Trinajstić information content (AvgIpc) is 2.72. The van der Waals surface area contributed by atoms with Gasteiger partial charge in [0, 0.05) is 5.03 Å². The lowest BCUT2D eigenvalue weighted by Crippen LogP contribution is -2.03. The van der Waals surface area contributed by atoms with Crippen LogP contribution in [-0.4, -0.2) is 5.97 Å². The van der Waals surface area contributed by atoms with Crippen LogP contribution in [0.4, 0.5) is 0 Å². The number of hydrogen-bond donors (Lipinski definition) is 0. The number of halogens is 1. The van der Waals surface area contributed by atoms with Crippen LogP contribution in [0, 0.1) is 0 Å². The molecule has 0 aliphatic rings. The fourth-order valence-corrected chi connectivity index (χ4v) is 2.64. The molecule has 0 atom stereocenters. The average molecular weight is 379 g/mol. The van der Waals surface area contributed by atoms with Gasteiger partial charge in [-0.05, 0) is 35.4 Å². The molecule has 0 saturated carbocycles. The second kappa shape index (κ2) is 9.60.